The smallest absolute Gasteiger partial charge is 0.185 e. The number of H-pyrrole nitrogens is 1. The zero-order valence-corrected chi connectivity index (χ0v) is 11.6. The van der Waals surface area contributed by atoms with E-state index in [0.29, 0.717) is 5.56 Å². The van der Waals surface area contributed by atoms with E-state index >= 15 is 0 Å². The lowest BCUT2D eigenvalue weighted by atomic mass is 10.0. The summed E-state index contributed by atoms with van der Waals surface area (Å²) in [5.41, 5.74) is 2.31. The van der Waals surface area contributed by atoms with Crippen LogP contribution in [0.5, 0.6) is 0 Å². The van der Waals surface area contributed by atoms with E-state index in [2.05, 4.69) is 10.2 Å². The molecule has 0 radical (unpaired) electrons. The molecular weight excluding hydrogens is 264 g/mol. The number of aromatic amines is 1. The van der Waals surface area contributed by atoms with Gasteiger partial charge in [0.05, 0.1) is 11.6 Å². The van der Waals surface area contributed by atoms with Crippen molar-refractivity contribution in [2.75, 3.05) is 5.75 Å². The van der Waals surface area contributed by atoms with Crippen molar-refractivity contribution < 1.29 is 15.0 Å². The molecule has 1 aromatic heterocycles. The molecule has 0 saturated heterocycles. The summed E-state index contributed by atoms with van der Waals surface area (Å²) in [6.07, 6.45) is -2.00. The van der Waals surface area contributed by atoms with Crippen LogP contribution in [-0.2, 0) is 4.79 Å². The molecule has 0 aliphatic heterocycles. The lowest BCUT2D eigenvalue weighted by Crippen LogP contribution is -2.21. The van der Waals surface area contributed by atoms with Gasteiger partial charge in [0.1, 0.15) is 6.10 Å². The van der Waals surface area contributed by atoms with Crippen LogP contribution in [-0.4, -0.2) is 37.4 Å². The van der Waals surface area contributed by atoms with Gasteiger partial charge in [0.15, 0.2) is 5.12 Å². The Bertz CT molecular complexity index is 597. The Labute approximate surface area is 115 Å². The number of aryl methyl sites for hydroxylation is 1. The van der Waals surface area contributed by atoms with Gasteiger partial charge in [-0.25, -0.2) is 0 Å². The largest absolute Gasteiger partial charge is 0.389 e. The second kappa shape index (κ2) is 5.73. The number of hydrogen-bond donors (Lipinski definition) is 3. The summed E-state index contributed by atoms with van der Waals surface area (Å²) in [6, 6.07) is 5.36. The molecule has 0 bridgehead atoms. The average molecular weight is 280 g/mol. The first-order valence-corrected chi connectivity index (χ1v) is 6.91. The minimum absolute atomic E-state index is 0.0790. The number of hydrogen-bond acceptors (Lipinski definition) is 5. The molecule has 5 nitrogen and oxygen atoms in total. The number of benzene rings is 1. The van der Waals surface area contributed by atoms with Crippen molar-refractivity contribution in [1.29, 1.82) is 0 Å². The van der Waals surface area contributed by atoms with Gasteiger partial charge in [-0.05, 0) is 18.6 Å². The SMILES string of the molecule is CC(=O)SCC(O)C(O)c1ccc2c(C)[nH]nc2c1. The molecular formula is C13H16N2O3S. The summed E-state index contributed by atoms with van der Waals surface area (Å²) in [7, 11) is 0. The molecule has 0 amide bonds. The lowest BCUT2D eigenvalue weighted by molar-refractivity contribution is -0.109. The molecule has 0 spiro atoms. The van der Waals surface area contributed by atoms with Crippen LogP contribution in [0.2, 0.25) is 0 Å². The predicted molar refractivity (Wildman–Crippen MR) is 74.9 cm³/mol. The molecule has 1 heterocycles. The van der Waals surface area contributed by atoms with Gasteiger partial charge in [-0.15, -0.1) is 0 Å². The second-order valence-electron chi connectivity index (χ2n) is 4.44. The molecule has 2 atom stereocenters. The fraction of sp³-hybridized carbons (Fsp3) is 0.385. The normalized spacial score (nSPS) is 14.5. The van der Waals surface area contributed by atoms with E-state index in [0.717, 1.165) is 28.4 Å². The van der Waals surface area contributed by atoms with Crippen LogP contribution in [0.3, 0.4) is 0 Å². The minimum atomic E-state index is -1.02. The lowest BCUT2D eigenvalue weighted by Gasteiger charge is -2.17. The third-order valence-corrected chi connectivity index (χ3v) is 3.85. The quantitative estimate of drug-likeness (QED) is 0.791. The van der Waals surface area contributed by atoms with Crippen molar-refractivity contribution in [1.82, 2.24) is 10.2 Å². The zero-order chi connectivity index (χ0) is 14.0. The van der Waals surface area contributed by atoms with Crippen LogP contribution in [0.15, 0.2) is 18.2 Å². The summed E-state index contributed by atoms with van der Waals surface area (Å²) < 4.78 is 0. The highest BCUT2D eigenvalue weighted by molar-refractivity contribution is 8.13. The maximum Gasteiger partial charge on any atom is 0.185 e. The molecule has 3 N–H and O–H groups in total. The van der Waals surface area contributed by atoms with Crippen molar-refractivity contribution in [2.24, 2.45) is 0 Å². The molecule has 19 heavy (non-hydrogen) atoms. The molecule has 2 unspecified atom stereocenters. The fourth-order valence-corrected chi connectivity index (χ4v) is 2.45. The Hall–Kier alpha value is -1.37. The Kier molecular flexibility index (Phi) is 4.24. The van der Waals surface area contributed by atoms with Gasteiger partial charge in [-0.3, -0.25) is 9.89 Å². The highest BCUT2D eigenvalue weighted by atomic mass is 32.2. The number of nitrogens with one attached hydrogen (secondary N) is 1. The second-order valence-corrected chi connectivity index (χ2v) is 5.64. The molecule has 2 rings (SSSR count). The number of thioether (sulfide) groups is 1. The summed E-state index contributed by atoms with van der Waals surface area (Å²) in [6.45, 7) is 3.35. The summed E-state index contributed by atoms with van der Waals surface area (Å²) in [5, 5.41) is 27.8. The van der Waals surface area contributed by atoms with Crippen molar-refractivity contribution in [3.05, 3.63) is 29.5 Å². The van der Waals surface area contributed by atoms with E-state index in [-0.39, 0.29) is 10.9 Å². The maximum absolute atomic E-state index is 10.8. The van der Waals surface area contributed by atoms with Crippen molar-refractivity contribution in [3.63, 3.8) is 0 Å². The van der Waals surface area contributed by atoms with Crippen LogP contribution in [0.25, 0.3) is 10.9 Å². The van der Waals surface area contributed by atoms with Gasteiger partial charge < -0.3 is 10.2 Å². The number of nitrogens with zero attached hydrogens (tertiary/aromatic N) is 1. The molecule has 6 heteroatoms. The van der Waals surface area contributed by atoms with Gasteiger partial charge >= 0.3 is 0 Å². The topological polar surface area (TPSA) is 86.2 Å². The van der Waals surface area contributed by atoms with Gasteiger partial charge in [-0.2, -0.15) is 5.10 Å². The average Bonchev–Trinajstić information content (AvgIpc) is 2.76. The van der Waals surface area contributed by atoms with Gasteiger partial charge in [-0.1, -0.05) is 23.9 Å². The summed E-state index contributed by atoms with van der Waals surface area (Å²) in [4.78, 5) is 10.8. The first kappa shape index (κ1) is 14.0. The fourth-order valence-electron chi connectivity index (χ4n) is 1.86. The number of carbonyl (C=O) groups is 1. The van der Waals surface area contributed by atoms with Crippen LogP contribution in [0, 0.1) is 6.92 Å². The maximum atomic E-state index is 10.8. The first-order chi connectivity index (χ1) is 8.99. The van der Waals surface area contributed by atoms with E-state index in [1.165, 1.54) is 6.92 Å². The Morgan fingerprint density at radius 3 is 2.89 bits per heavy atom. The number of aromatic nitrogens is 2. The number of fused-ring (bicyclic) bond motifs is 1. The van der Waals surface area contributed by atoms with E-state index in [9.17, 15) is 15.0 Å². The molecule has 1 aromatic carbocycles. The molecule has 0 fully saturated rings. The Morgan fingerprint density at radius 2 is 2.21 bits per heavy atom. The first-order valence-electron chi connectivity index (χ1n) is 5.93. The molecule has 0 aliphatic rings. The molecule has 0 aliphatic carbocycles. The van der Waals surface area contributed by atoms with Crippen LogP contribution in [0.4, 0.5) is 0 Å². The van der Waals surface area contributed by atoms with E-state index in [4.69, 9.17) is 0 Å². The highest BCUT2D eigenvalue weighted by Crippen LogP contribution is 2.24. The Morgan fingerprint density at radius 1 is 1.47 bits per heavy atom. The predicted octanol–water partition coefficient (Wildman–Crippen LogP) is 1.55. The van der Waals surface area contributed by atoms with Crippen molar-refractivity contribution >= 4 is 27.8 Å². The highest BCUT2D eigenvalue weighted by Gasteiger charge is 2.19. The summed E-state index contributed by atoms with van der Waals surface area (Å²) in [5.74, 6) is 0.175. The number of rotatable bonds is 4. The van der Waals surface area contributed by atoms with Gasteiger partial charge in [0.2, 0.25) is 0 Å². The third-order valence-electron chi connectivity index (χ3n) is 2.93. The number of carbonyl (C=O) groups excluding carboxylic acids is 1. The number of aliphatic hydroxyl groups is 2. The van der Waals surface area contributed by atoms with E-state index < -0.39 is 12.2 Å². The monoisotopic (exact) mass is 280 g/mol. The molecule has 102 valence electrons. The van der Waals surface area contributed by atoms with Gasteiger partial charge in [0, 0.05) is 23.8 Å². The molecule has 0 saturated carbocycles. The van der Waals surface area contributed by atoms with E-state index in [1.807, 2.05) is 13.0 Å². The van der Waals surface area contributed by atoms with Crippen LogP contribution in [0.1, 0.15) is 24.3 Å². The third kappa shape index (κ3) is 3.15. The zero-order valence-electron chi connectivity index (χ0n) is 10.8. The van der Waals surface area contributed by atoms with Crippen molar-refractivity contribution in [2.45, 2.75) is 26.1 Å². The van der Waals surface area contributed by atoms with Crippen LogP contribution >= 0.6 is 11.8 Å². The molecule has 2 aromatic rings. The standard InChI is InChI=1S/C13H16N2O3S/c1-7-10-4-3-9(5-11(10)15-14-7)13(18)12(17)6-19-8(2)16/h3-5,12-13,17-18H,6H2,1-2H3,(H,14,15). The number of aliphatic hydroxyl groups excluding tert-OH is 2. The van der Waals surface area contributed by atoms with E-state index in [1.54, 1.807) is 12.1 Å². The van der Waals surface area contributed by atoms with Gasteiger partial charge in [0.25, 0.3) is 0 Å². The minimum Gasteiger partial charge on any atom is -0.389 e. The summed E-state index contributed by atoms with van der Waals surface area (Å²) >= 11 is 0.999. The van der Waals surface area contributed by atoms with Crippen molar-refractivity contribution in [3.8, 4) is 0 Å². The van der Waals surface area contributed by atoms with Crippen LogP contribution < -0.4 is 0 Å². The Balaban J connectivity index is 2.16.